The summed E-state index contributed by atoms with van der Waals surface area (Å²) in [6.07, 6.45) is 6.52. The van der Waals surface area contributed by atoms with E-state index in [1.54, 1.807) is 18.3 Å². The summed E-state index contributed by atoms with van der Waals surface area (Å²) < 4.78 is 15.3. The van der Waals surface area contributed by atoms with Gasteiger partial charge in [0.2, 0.25) is 0 Å². The maximum absolute atomic E-state index is 13.3. The Bertz CT molecular complexity index is 564. The third-order valence-electron chi connectivity index (χ3n) is 3.95. The number of hydrogen-bond acceptors (Lipinski definition) is 2. The first kappa shape index (κ1) is 12.3. The summed E-state index contributed by atoms with van der Waals surface area (Å²) in [5.41, 5.74) is 1.77. The van der Waals surface area contributed by atoms with Crippen LogP contribution < -0.4 is 0 Å². The molecule has 0 saturated heterocycles. The van der Waals surface area contributed by atoms with E-state index in [4.69, 9.17) is 0 Å². The summed E-state index contributed by atoms with van der Waals surface area (Å²) in [5.74, 6) is 0.505. The van der Waals surface area contributed by atoms with Crippen molar-refractivity contribution in [3.8, 4) is 11.3 Å². The first-order valence-corrected chi connectivity index (χ1v) is 6.90. The van der Waals surface area contributed by atoms with Gasteiger partial charge in [0.05, 0.1) is 17.9 Å². The Morgan fingerprint density at radius 2 is 2.21 bits per heavy atom. The molecule has 1 aromatic carbocycles. The molecule has 0 amide bonds. The van der Waals surface area contributed by atoms with E-state index in [0.717, 1.165) is 30.0 Å². The zero-order valence-electron chi connectivity index (χ0n) is 11.1. The van der Waals surface area contributed by atoms with Gasteiger partial charge in [0.15, 0.2) is 0 Å². The van der Waals surface area contributed by atoms with Crippen molar-refractivity contribution in [2.24, 2.45) is 5.92 Å². The fourth-order valence-corrected chi connectivity index (χ4v) is 2.99. The predicted molar refractivity (Wildman–Crippen MR) is 72.1 cm³/mol. The summed E-state index contributed by atoms with van der Waals surface area (Å²) in [6.45, 7) is 2.28. The van der Waals surface area contributed by atoms with E-state index in [0.29, 0.717) is 6.04 Å². The van der Waals surface area contributed by atoms with Crippen LogP contribution in [0.15, 0.2) is 30.5 Å². The van der Waals surface area contributed by atoms with E-state index in [1.807, 2.05) is 10.7 Å². The highest BCUT2D eigenvalue weighted by molar-refractivity contribution is 5.58. The topological polar surface area (TPSA) is 30.7 Å². The van der Waals surface area contributed by atoms with E-state index in [2.05, 4.69) is 17.2 Å². The molecule has 3 nitrogen and oxygen atoms in total. The van der Waals surface area contributed by atoms with Gasteiger partial charge in [0.25, 0.3) is 0 Å². The van der Waals surface area contributed by atoms with Crippen LogP contribution in [0.2, 0.25) is 0 Å². The lowest BCUT2D eigenvalue weighted by Gasteiger charge is -2.27. The number of halogens is 1. The van der Waals surface area contributed by atoms with Crippen LogP contribution in [0.4, 0.5) is 4.39 Å². The highest BCUT2D eigenvalue weighted by Crippen LogP contribution is 2.34. The third kappa shape index (κ3) is 2.53. The van der Waals surface area contributed by atoms with Crippen LogP contribution in [-0.2, 0) is 0 Å². The molecule has 0 aliphatic heterocycles. The molecule has 4 heteroatoms. The summed E-state index contributed by atoms with van der Waals surface area (Å²) in [7, 11) is 0. The van der Waals surface area contributed by atoms with E-state index in [1.165, 1.54) is 18.9 Å². The number of hydrogen-bond donors (Lipinski definition) is 0. The Morgan fingerprint density at radius 3 is 3.00 bits per heavy atom. The first-order chi connectivity index (χ1) is 9.24. The molecule has 2 aromatic rings. The van der Waals surface area contributed by atoms with Crippen molar-refractivity contribution in [3.05, 3.63) is 36.3 Å². The summed E-state index contributed by atoms with van der Waals surface area (Å²) in [5, 5.41) is 8.24. The standard InChI is InChI=1S/C15H18FN3/c1-11-4-2-7-14(8-11)19-15(10-17-18-19)12-5-3-6-13(16)9-12/h3,5-6,9-11,14H,2,4,7-8H2,1H3. The molecule has 0 spiro atoms. The van der Waals surface area contributed by atoms with Crippen LogP contribution in [0.25, 0.3) is 11.3 Å². The average molecular weight is 259 g/mol. The lowest BCUT2D eigenvalue weighted by atomic mass is 9.87. The molecule has 1 aliphatic carbocycles. The Kier molecular flexibility index (Phi) is 3.32. The van der Waals surface area contributed by atoms with Crippen LogP contribution >= 0.6 is 0 Å². The fraction of sp³-hybridized carbons (Fsp3) is 0.467. The van der Waals surface area contributed by atoms with E-state index >= 15 is 0 Å². The average Bonchev–Trinajstić information content (AvgIpc) is 2.88. The van der Waals surface area contributed by atoms with Gasteiger partial charge in [-0.15, -0.1) is 5.10 Å². The van der Waals surface area contributed by atoms with E-state index < -0.39 is 0 Å². The Labute approximate surface area is 112 Å². The predicted octanol–water partition coefficient (Wildman–Crippen LogP) is 3.84. The molecule has 1 fully saturated rings. The molecule has 1 saturated carbocycles. The number of nitrogens with zero attached hydrogens (tertiary/aromatic N) is 3. The maximum Gasteiger partial charge on any atom is 0.123 e. The minimum absolute atomic E-state index is 0.220. The smallest absolute Gasteiger partial charge is 0.123 e. The molecule has 3 rings (SSSR count). The van der Waals surface area contributed by atoms with Gasteiger partial charge in [-0.25, -0.2) is 9.07 Å². The van der Waals surface area contributed by atoms with Crippen LogP contribution in [0.5, 0.6) is 0 Å². The lowest BCUT2D eigenvalue weighted by Crippen LogP contribution is -2.19. The zero-order valence-corrected chi connectivity index (χ0v) is 11.1. The summed E-state index contributed by atoms with van der Waals surface area (Å²) in [6, 6.07) is 7.03. The maximum atomic E-state index is 13.3. The Balaban J connectivity index is 1.94. The van der Waals surface area contributed by atoms with Crippen molar-refractivity contribution in [2.45, 2.75) is 38.6 Å². The van der Waals surface area contributed by atoms with E-state index in [-0.39, 0.29) is 5.82 Å². The van der Waals surface area contributed by atoms with Crippen LogP contribution in [0.3, 0.4) is 0 Å². The zero-order chi connectivity index (χ0) is 13.2. The van der Waals surface area contributed by atoms with Crippen LogP contribution in [-0.4, -0.2) is 15.0 Å². The molecule has 2 atom stereocenters. The van der Waals surface area contributed by atoms with Crippen LogP contribution in [0, 0.1) is 11.7 Å². The molecule has 0 N–H and O–H groups in total. The van der Waals surface area contributed by atoms with Crippen molar-refractivity contribution >= 4 is 0 Å². The van der Waals surface area contributed by atoms with Gasteiger partial charge in [-0.1, -0.05) is 37.1 Å². The largest absolute Gasteiger partial charge is 0.242 e. The second-order valence-electron chi connectivity index (χ2n) is 5.50. The number of aromatic nitrogens is 3. The van der Waals surface area contributed by atoms with E-state index in [9.17, 15) is 4.39 Å². The minimum Gasteiger partial charge on any atom is -0.242 e. The van der Waals surface area contributed by atoms with Crippen molar-refractivity contribution in [3.63, 3.8) is 0 Å². The molecule has 0 bridgehead atoms. The molecule has 2 unspecified atom stereocenters. The Morgan fingerprint density at radius 1 is 1.32 bits per heavy atom. The highest BCUT2D eigenvalue weighted by atomic mass is 19.1. The SMILES string of the molecule is CC1CCCC(n2nncc2-c2cccc(F)c2)C1. The fourth-order valence-electron chi connectivity index (χ4n) is 2.99. The lowest BCUT2D eigenvalue weighted by molar-refractivity contribution is 0.265. The Hall–Kier alpha value is -1.71. The van der Waals surface area contributed by atoms with Crippen LogP contribution in [0.1, 0.15) is 38.6 Å². The van der Waals surface area contributed by atoms with Gasteiger partial charge in [-0.2, -0.15) is 0 Å². The molecular formula is C15H18FN3. The van der Waals surface area contributed by atoms with Gasteiger partial charge in [0.1, 0.15) is 5.82 Å². The van der Waals surface area contributed by atoms with Gasteiger partial charge >= 0.3 is 0 Å². The molecule has 19 heavy (non-hydrogen) atoms. The number of rotatable bonds is 2. The molecule has 1 heterocycles. The molecular weight excluding hydrogens is 241 g/mol. The third-order valence-corrected chi connectivity index (χ3v) is 3.95. The number of benzene rings is 1. The van der Waals surface area contributed by atoms with Crippen molar-refractivity contribution in [1.29, 1.82) is 0 Å². The normalized spacial score (nSPS) is 23.5. The first-order valence-electron chi connectivity index (χ1n) is 6.90. The molecule has 1 aromatic heterocycles. The van der Waals surface area contributed by atoms with Gasteiger partial charge < -0.3 is 0 Å². The second-order valence-corrected chi connectivity index (χ2v) is 5.50. The van der Waals surface area contributed by atoms with Gasteiger partial charge in [-0.05, 0) is 30.9 Å². The van der Waals surface area contributed by atoms with Crippen molar-refractivity contribution in [2.75, 3.05) is 0 Å². The minimum atomic E-state index is -0.220. The molecule has 100 valence electrons. The highest BCUT2D eigenvalue weighted by Gasteiger charge is 2.23. The van der Waals surface area contributed by atoms with Crippen molar-refractivity contribution in [1.82, 2.24) is 15.0 Å². The quantitative estimate of drug-likeness (QED) is 0.820. The molecule has 0 radical (unpaired) electrons. The summed E-state index contributed by atoms with van der Waals surface area (Å²) in [4.78, 5) is 0. The van der Waals surface area contributed by atoms with Gasteiger partial charge in [0, 0.05) is 5.56 Å². The molecule has 1 aliphatic rings. The van der Waals surface area contributed by atoms with Gasteiger partial charge in [-0.3, -0.25) is 0 Å². The second kappa shape index (κ2) is 5.11. The summed E-state index contributed by atoms with van der Waals surface area (Å²) >= 11 is 0. The van der Waals surface area contributed by atoms with Crippen molar-refractivity contribution < 1.29 is 4.39 Å². The monoisotopic (exact) mass is 259 g/mol.